The van der Waals surface area contributed by atoms with E-state index in [1.54, 1.807) is 18.2 Å². The molecule has 0 radical (unpaired) electrons. The number of benzene rings is 1. The van der Waals surface area contributed by atoms with Crippen molar-refractivity contribution < 1.29 is 14.8 Å². The van der Waals surface area contributed by atoms with Gasteiger partial charge >= 0.3 is 11.5 Å². The predicted molar refractivity (Wildman–Crippen MR) is 57.6 cm³/mol. The van der Waals surface area contributed by atoms with Crippen molar-refractivity contribution in [1.29, 1.82) is 0 Å². The lowest BCUT2D eigenvalue weighted by Crippen LogP contribution is -2.43. The van der Waals surface area contributed by atoms with E-state index in [0.29, 0.717) is 0 Å². The smallest absolute Gasteiger partial charge is 0.387 e. The summed E-state index contributed by atoms with van der Waals surface area (Å²) >= 11 is 0. The molecule has 16 heavy (non-hydrogen) atoms. The van der Waals surface area contributed by atoms with Crippen LogP contribution in [0.15, 0.2) is 43.0 Å². The molecule has 5 heteroatoms. The Morgan fingerprint density at radius 3 is 2.44 bits per heavy atom. The van der Waals surface area contributed by atoms with E-state index in [9.17, 15) is 14.9 Å². The maximum absolute atomic E-state index is 11.2. The minimum atomic E-state index is -2.14. The van der Waals surface area contributed by atoms with Crippen LogP contribution in [0.4, 0.5) is 0 Å². The summed E-state index contributed by atoms with van der Waals surface area (Å²) in [7, 11) is 0. The van der Waals surface area contributed by atoms with Crippen molar-refractivity contribution >= 4 is 5.97 Å². The Balaban J connectivity index is 3.38. The molecule has 1 aromatic rings. The molecular formula is C11H11NO4. The molecule has 0 saturated heterocycles. The van der Waals surface area contributed by atoms with Gasteiger partial charge in [-0.2, -0.15) is 0 Å². The number of carboxylic acid groups (broad SMARTS) is 1. The van der Waals surface area contributed by atoms with E-state index in [1.807, 2.05) is 0 Å². The molecule has 1 atom stereocenters. The van der Waals surface area contributed by atoms with Crippen LogP contribution in [0.2, 0.25) is 0 Å². The Bertz CT molecular complexity index is 399. The summed E-state index contributed by atoms with van der Waals surface area (Å²) in [6.07, 6.45) is 0.989. The van der Waals surface area contributed by atoms with Gasteiger partial charge in [0.2, 0.25) is 0 Å². The van der Waals surface area contributed by atoms with Crippen LogP contribution in [0.25, 0.3) is 0 Å². The topological polar surface area (TPSA) is 80.4 Å². The fourth-order valence-electron chi connectivity index (χ4n) is 1.51. The number of hydrogen-bond acceptors (Lipinski definition) is 3. The minimum absolute atomic E-state index is 0.146. The highest BCUT2D eigenvalue weighted by Gasteiger charge is 2.52. The predicted octanol–water partition coefficient (Wildman–Crippen LogP) is 1.82. The van der Waals surface area contributed by atoms with Crippen LogP contribution >= 0.6 is 0 Å². The van der Waals surface area contributed by atoms with Gasteiger partial charge in [0.05, 0.1) is 6.42 Å². The van der Waals surface area contributed by atoms with Crippen LogP contribution in [0.3, 0.4) is 0 Å². The first-order valence-electron chi connectivity index (χ1n) is 4.60. The van der Waals surface area contributed by atoms with Crippen LogP contribution < -0.4 is 0 Å². The molecule has 0 aliphatic rings. The highest BCUT2D eigenvalue weighted by atomic mass is 16.6. The molecule has 0 aliphatic carbocycles. The van der Waals surface area contributed by atoms with Crippen molar-refractivity contribution in [2.75, 3.05) is 0 Å². The van der Waals surface area contributed by atoms with Gasteiger partial charge in [-0.1, -0.05) is 36.4 Å². The second kappa shape index (κ2) is 4.57. The quantitative estimate of drug-likeness (QED) is 0.467. The third-order valence-corrected chi connectivity index (χ3v) is 2.36. The van der Waals surface area contributed by atoms with Crippen LogP contribution in [-0.4, -0.2) is 16.0 Å². The van der Waals surface area contributed by atoms with Gasteiger partial charge in [0, 0.05) is 10.5 Å². The lowest BCUT2D eigenvalue weighted by Gasteiger charge is -2.19. The van der Waals surface area contributed by atoms with E-state index in [4.69, 9.17) is 5.11 Å². The van der Waals surface area contributed by atoms with Gasteiger partial charge < -0.3 is 5.11 Å². The van der Waals surface area contributed by atoms with Gasteiger partial charge in [-0.15, -0.1) is 6.58 Å². The minimum Gasteiger partial charge on any atom is -0.476 e. The summed E-state index contributed by atoms with van der Waals surface area (Å²) in [6, 6.07) is 7.67. The Labute approximate surface area is 92.2 Å². The number of hydrogen-bond donors (Lipinski definition) is 1. The molecule has 0 heterocycles. The summed E-state index contributed by atoms with van der Waals surface area (Å²) in [5.41, 5.74) is -1.99. The van der Waals surface area contributed by atoms with Gasteiger partial charge in [-0.3, -0.25) is 10.1 Å². The van der Waals surface area contributed by atoms with E-state index in [2.05, 4.69) is 6.58 Å². The lowest BCUT2D eigenvalue weighted by molar-refractivity contribution is -0.563. The Morgan fingerprint density at radius 2 is 2.06 bits per heavy atom. The highest BCUT2D eigenvalue weighted by Crippen LogP contribution is 2.29. The number of rotatable bonds is 5. The third kappa shape index (κ3) is 1.79. The SMILES string of the molecule is C=CCC(C(=O)O)(c1ccccc1)[N+](=O)[O-]. The number of carboxylic acids is 1. The molecular weight excluding hydrogens is 210 g/mol. The molecule has 0 spiro atoms. The van der Waals surface area contributed by atoms with E-state index in [0.717, 1.165) is 0 Å². The first-order valence-corrected chi connectivity index (χ1v) is 4.60. The molecule has 5 nitrogen and oxygen atoms in total. The van der Waals surface area contributed by atoms with Crippen molar-refractivity contribution in [1.82, 2.24) is 0 Å². The van der Waals surface area contributed by atoms with E-state index < -0.39 is 16.4 Å². The van der Waals surface area contributed by atoms with Crippen LogP contribution in [0.5, 0.6) is 0 Å². The van der Waals surface area contributed by atoms with Crippen LogP contribution in [-0.2, 0) is 10.3 Å². The van der Waals surface area contributed by atoms with Gasteiger partial charge in [-0.25, -0.2) is 4.79 Å². The summed E-state index contributed by atoms with van der Waals surface area (Å²) in [5.74, 6) is -1.48. The van der Waals surface area contributed by atoms with E-state index in [-0.39, 0.29) is 12.0 Å². The Kier molecular flexibility index (Phi) is 3.40. The maximum Gasteiger partial charge on any atom is 0.387 e. The number of aliphatic carboxylic acids is 1. The van der Waals surface area contributed by atoms with Gasteiger partial charge in [-0.05, 0) is 0 Å². The molecule has 0 aliphatic heterocycles. The largest absolute Gasteiger partial charge is 0.476 e. The molecule has 0 aromatic heterocycles. The zero-order valence-electron chi connectivity index (χ0n) is 8.50. The lowest BCUT2D eigenvalue weighted by atomic mass is 9.87. The Morgan fingerprint density at radius 1 is 1.50 bits per heavy atom. The number of carbonyl (C=O) groups is 1. The van der Waals surface area contributed by atoms with E-state index in [1.165, 1.54) is 18.2 Å². The van der Waals surface area contributed by atoms with Crippen molar-refractivity contribution in [3.63, 3.8) is 0 Å². The number of nitrogens with zero attached hydrogens (tertiary/aromatic N) is 1. The molecule has 1 rings (SSSR count). The first kappa shape index (κ1) is 11.9. The molecule has 0 fully saturated rings. The second-order valence-corrected chi connectivity index (χ2v) is 3.28. The maximum atomic E-state index is 11.2. The molecule has 0 bridgehead atoms. The van der Waals surface area contributed by atoms with Gasteiger partial charge in [0.1, 0.15) is 0 Å². The molecule has 1 unspecified atom stereocenters. The summed E-state index contributed by atoms with van der Waals surface area (Å²) in [4.78, 5) is 21.4. The standard InChI is InChI=1S/C11H11NO4/c1-2-8-11(10(13)14,12(15)16)9-6-4-3-5-7-9/h2-7H,1,8H2,(H,13,14). The van der Waals surface area contributed by atoms with Crippen molar-refractivity contribution in [3.8, 4) is 0 Å². The van der Waals surface area contributed by atoms with Crippen molar-refractivity contribution in [2.24, 2.45) is 0 Å². The van der Waals surface area contributed by atoms with Crippen LogP contribution in [0.1, 0.15) is 12.0 Å². The molecule has 0 amide bonds. The monoisotopic (exact) mass is 221 g/mol. The Hall–Kier alpha value is -2.17. The molecule has 1 aromatic carbocycles. The van der Waals surface area contributed by atoms with Gasteiger partial charge in [0.15, 0.2) is 0 Å². The summed E-state index contributed by atoms with van der Waals surface area (Å²) in [6.45, 7) is 3.37. The number of nitro groups is 1. The molecule has 1 N–H and O–H groups in total. The second-order valence-electron chi connectivity index (χ2n) is 3.28. The van der Waals surface area contributed by atoms with E-state index >= 15 is 0 Å². The zero-order valence-corrected chi connectivity index (χ0v) is 8.50. The van der Waals surface area contributed by atoms with Crippen molar-refractivity contribution in [3.05, 3.63) is 58.7 Å². The molecule has 0 saturated carbocycles. The highest BCUT2D eigenvalue weighted by molar-refractivity contribution is 5.79. The van der Waals surface area contributed by atoms with Crippen molar-refractivity contribution in [2.45, 2.75) is 12.0 Å². The summed E-state index contributed by atoms with van der Waals surface area (Å²) < 4.78 is 0. The fourth-order valence-corrected chi connectivity index (χ4v) is 1.51. The van der Waals surface area contributed by atoms with Crippen LogP contribution in [0, 0.1) is 10.1 Å². The average molecular weight is 221 g/mol. The average Bonchev–Trinajstić information content (AvgIpc) is 2.26. The molecule has 84 valence electrons. The third-order valence-electron chi connectivity index (χ3n) is 2.36. The zero-order chi connectivity index (χ0) is 12.2. The summed E-state index contributed by atoms with van der Waals surface area (Å²) in [5, 5.41) is 20.1. The normalized spacial score (nSPS) is 13.8. The fraction of sp³-hybridized carbons (Fsp3) is 0.182. The first-order chi connectivity index (χ1) is 7.55. The van der Waals surface area contributed by atoms with Gasteiger partial charge in [0.25, 0.3) is 0 Å².